The highest BCUT2D eigenvalue weighted by molar-refractivity contribution is 14.2. The monoisotopic (exact) mass is 944 g/mol. The molecule has 2 aromatic heterocycles. The molecule has 0 bridgehead atoms. The average molecular weight is 945 g/mol. The van der Waals surface area contributed by atoms with Gasteiger partial charge in [-0.3, -0.25) is 0 Å². The number of fused-ring (bicyclic) bond motifs is 8. The third-order valence-corrected chi connectivity index (χ3v) is 18.2. The molecule has 3 heterocycles. The van der Waals surface area contributed by atoms with E-state index in [1.807, 2.05) is 18.2 Å². The van der Waals surface area contributed by atoms with Crippen molar-refractivity contribution in [2.45, 2.75) is 18.8 Å². The van der Waals surface area contributed by atoms with Crippen molar-refractivity contribution in [1.82, 2.24) is 19.5 Å². The first-order valence-corrected chi connectivity index (χ1v) is 25.9. The number of rotatable bonds is 6. The van der Waals surface area contributed by atoms with E-state index in [4.69, 9.17) is 19.5 Å². The molecule has 308 valence electrons. The largest absolute Gasteiger partial charge is 0.309 e. The topological polar surface area (TPSA) is 43.6 Å². The Morgan fingerprint density at radius 1 is 0.538 bits per heavy atom. The van der Waals surface area contributed by atoms with Gasteiger partial charge in [0.1, 0.15) is 0 Å². The van der Waals surface area contributed by atoms with Crippen molar-refractivity contribution in [1.29, 1.82) is 0 Å². The molecule has 1 aliphatic heterocycles. The Hall–Kier alpha value is -7.48. The summed E-state index contributed by atoms with van der Waals surface area (Å²) in [5, 5.41) is 5.07. The zero-order valence-electron chi connectivity index (χ0n) is 35.5. The van der Waals surface area contributed by atoms with Crippen LogP contribution in [0, 0.1) is 3.57 Å². The molecular formula is C60H41IN4. The highest BCUT2D eigenvalue weighted by Gasteiger charge is 2.33. The van der Waals surface area contributed by atoms with Gasteiger partial charge in [-0.05, 0) is 99.0 Å². The molecule has 0 N–H and O–H groups in total. The van der Waals surface area contributed by atoms with E-state index in [1.54, 1.807) is 0 Å². The smallest absolute Gasteiger partial charge is 0.164 e. The number of nitrogens with zero attached hydrogens (tertiary/aromatic N) is 4. The molecule has 0 saturated heterocycles. The molecule has 1 atom stereocenters. The molecule has 10 aromatic rings. The SMILES string of the molecule is C=I1=C(C2=CC=CC(c3ccc(-c4nc(-c5ccccc5)nc(-c5cccc(-n6c7ccccc7c7ccccc76)c5)n4)cc3)C2)C2=C(Cc3ccccc32)c2cc3ccccc3cc21. The van der Waals surface area contributed by atoms with Crippen LogP contribution in [0.5, 0.6) is 0 Å². The van der Waals surface area contributed by atoms with Crippen LogP contribution in [0.2, 0.25) is 0 Å². The second-order valence-corrected chi connectivity index (χ2v) is 21.5. The van der Waals surface area contributed by atoms with Crippen LogP contribution in [0.1, 0.15) is 34.6 Å². The summed E-state index contributed by atoms with van der Waals surface area (Å²) >= 11 is -2.04. The van der Waals surface area contributed by atoms with Crippen molar-refractivity contribution >= 4 is 70.6 Å². The first kappa shape index (κ1) is 38.0. The number of allylic oxidation sites excluding steroid dienone is 6. The minimum absolute atomic E-state index is 0.233. The Bertz CT molecular complexity index is 3730. The van der Waals surface area contributed by atoms with Crippen LogP contribution in [0.3, 0.4) is 0 Å². The van der Waals surface area contributed by atoms with Crippen LogP contribution < -0.4 is 0 Å². The lowest BCUT2D eigenvalue weighted by atomic mass is 9.84. The predicted molar refractivity (Wildman–Crippen MR) is 281 cm³/mol. The Morgan fingerprint density at radius 3 is 1.91 bits per heavy atom. The molecule has 13 rings (SSSR count). The van der Waals surface area contributed by atoms with E-state index in [-0.39, 0.29) is 5.92 Å². The quantitative estimate of drug-likeness (QED) is 0.156. The summed E-state index contributed by atoms with van der Waals surface area (Å²) < 4.78 is 10.4. The third-order valence-electron chi connectivity index (χ3n) is 13.4. The summed E-state index contributed by atoms with van der Waals surface area (Å²) in [7, 11) is 0. The Morgan fingerprint density at radius 2 is 1.15 bits per heavy atom. The Kier molecular flexibility index (Phi) is 8.98. The molecule has 65 heavy (non-hydrogen) atoms. The maximum absolute atomic E-state index is 5.19. The van der Waals surface area contributed by atoms with E-state index >= 15 is 0 Å². The fraction of sp³-hybridized carbons (Fsp3) is 0.0500. The van der Waals surface area contributed by atoms with Crippen LogP contribution in [-0.4, -0.2) is 27.5 Å². The van der Waals surface area contributed by atoms with Crippen molar-refractivity contribution in [3.05, 3.63) is 238 Å². The summed E-state index contributed by atoms with van der Waals surface area (Å²) in [5.74, 6) is 2.17. The standard InChI is InChI=1S/C60H41IN4/c1-61-53-37-43-18-6-5-17-42(43)35-51(53)52-36-44-19-7-8-24-48(44)56(52)57(61)45-21-13-20-41(33-45)38-29-31-40(32-30-38)59-62-58(39-15-3-2-4-16-39)63-60(64-59)46-22-14-23-47(34-46)65-54-27-11-9-25-49(54)50-26-10-12-28-55(50)65/h2-32,34-35,37,41H,1,33,36H2. The highest BCUT2D eigenvalue weighted by Crippen LogP contribution is 2.51. The zero-order valence-corrected chi connectivity index (χ0v) is 37.7. The van der Waals surface area contributed by atoms with Gasteiger partial charge in [-0.2, -0.15) is 0 Å². The highest BCUT2D eigenvalue weighted by atomic mass is 127. The van der Waals surface area contributed by atoms with E-state index < -0.39 is 18.9 Å². The lowest BCUT2D eigenvalue weighted by molar-refractivity contribution is 0.838. The van der Waals surface area contributed by atoms with Crippen molar-refractivity contribution in [2.24, 2.45) is 0 Å². The predicted octanol–water partition coefficient (Wildman–Crippen LogP) is 14.6. The van der Waals surface area contributed by atoms with Gasteiger partial charge in [0.25, 0.3) is 0 Å². The molecule has 0 amide bonds. The van der Waals surface area contributed by atoms with Gasteiger partial charge >= 0.3 is 0 Å². The zero-order chi connectivity index (χ0) is 43.0. The van der Waals surface area contributed by atoms with E-state index in [9.17, 15) is 0 Å². The van der Waals surface area contributed by atoms with E-state index in [0.717, 1.165) is 35.2 Å². The van der Waals surface area contributed by atoms with Gasteiger partial charge in [0.2, 0.25) is 0 Å². The molecular weight excluding hydrogens is 904 g/mol. The van der Waals surface area contributed by atoms with Crippen LogP contribution in [0.15, 0.2) is 212 Å². The Balaban J connectivity index is 0.858. The summed E-state index contributed by atoms with van der Waals surface area (Å²) in [6.45, 7) is 0. The van der Waals surface area contributed by atoms with Gasteiger partial charge < -0.3 is 4.57 Å². The molecule has 1 unspecified atom stereocenters. The normalized spacial score (nSPS) is 15.7. The number of hydrogen-bond acceptors (Lipinski definition) is 3. The summed E-state index contributed by atoms with van der Waals surface area (Å²) in [6, 6.07) is 67.7. The summed E-state index contributed by atoms with van der Waals surface area (Å²) in [6.07, 6.45) is 8.93. The van der Waals surface area contributed by atoms with E-state index in [0.29, 0.717) is 17.5 Å². The van der Waals surface area contributed by atoms with Crippen molar-refractivity contribution < 1.29 is 0 Å². The van der Waals surface area contributed by atoms with Crippen molar-refractivity contribution in [3.8, 4) is 39.9 Å². The number of benzene rings is 8. The molecule has 4 nitrogen and oxygen atoms in total. The van der Waals surface area contributed by atoms with E-state index in [2.05, 4.69) is 193 Å². The van der Waals surface area contributed by atoms with Gasteiger partial charge in [-0.25, -0.2) is 15.0 Å². The van der Waals surface area contributed by atoms with Gasteiger partial charge in [0.05, 0.1) is 11.0 Å². The molecule has 8 aromatic carbocycles. The van der Waals surface area contributed by atoms with Gasteiger partial charge in [0, 0.05) is 46.1 Å². The maximum Gasteiger partial charge on any atom is 0.164 e. The second kappa shape index (κ2) is 15.4. The molecule has 0 saturated carbocycles. The fourth-order valence-electron chi connectivity index (χ4n) is 10.3. The Labute approximate surface area is 384 Å². The molecule has 3 aliphatic rings. The summed E-state index contributed by atoms with van der Waals surface area (Å²) in [4.78, 5) is 15.4. The fourth-order valence-corrected chi connectivity index (χ4v) is 15.3. The molecule has 0 fully saturated rings. The molecule has 5 heteroatoms. The number of halogens is 1. The third kappa shape index (κ3) is 6.36. The van der Waals surface area contributed by atoms with Crippen LogP contribution in [-0.2, 0) is 6.42 Å². The molecule has 0 spiro atoms. The minimum atomic E-state index is -2.04. The minimum Gasteiger partial charge on any atom is -0.309 e. The number of hydrogen-bond donors (Lipinski definition) is 0. The molecule has 2 aliphatic carbocycles. The maximum atomic E-state index is 5.19. The first-order chi connectivity index (χ1) is 32.1. The van der Waals surface area contributed by atoms with Gasteiger partial charge in [0.15, 0.2) is 17.5 Å². The van der Waals surface area contributed by atoms with Crippen molar-refractivity contribution in [2.75, 3.05) is 0 Å². The first-order valence-electron chi connectivity index (χ1n) is 22.2. The average Bonchev–Trinajstić information content (AvgIpc) is 3.93. The van der Waals surface area contributed by atoms with Crippen LogP contribution in [0.4, 0.5) is 0 Å². The molecule has 0 radical (unpaired) electrons. The lowest BCUT2D eigenvalue weighted by Crippen LogP contribution is -2.13. The van der Waals surface area contributed by atoms with Crippen LogP contribution in [0.25, 0.3) is 83.6 Å². The second-order valence-electron chi connectivity index (χ2n) is 17.1. The lowest BCUT2D eigenvalue weighted by Gasteiger charge is -2.27. The van der Waals surface area contributed by atoms with Crippen molar-refractivity contribution in [3.63, 3.8) is 0 Å². The van der Waals surface area contributed by atoms with Gasteiger partial charge in [-0.15, -0.1) is 18.9 Å². The number of aromatic nitrogens is 4. The number of para-hydroxylation sites is 2. The van der Waals surface area contributed by atoms with E-state index in [1.165, 1.54) is 78.6 Å². The van der Waals surface area contributed by atoms with Gasteiger partial charge in [-0.1, -0.05) is 174 Å². The summed E-state index contributed by atoms with van der Waals surface area (Å²) in [5.41, 5.74) is 16.1. The van der Waals surface area contributed by atoms with Crippen LogP contribution >= 0.6 is 18.9 Å².